The van der Waals surface area contributed by atoms with E-state index in [0.29, 0.717) is 5.92 Å². The molecule has 1 heterocycles. The van der Waals surface area contributed by atoms with E-state index in [1.165, 1.54) is 32.1 Å². The third-order valence-electron chi connectivity index (χ3n) is 5.24. The summed E-state index contributed by atoms with van der Waals surface area (Å²) in [4.78, 5) is 23.1. The van der Waals surface area contributed by atoms with Crippen molar-refractivity contribution in [1.82, 2.24) is 20.0 Å². The minimum absolute atomic E-state index is 0.0460. The molecule has 0 unspecified atom stereocenters. The van der Waals surface area contributed by atoms with Gasteiger partial charge in [0.25, 0.3) is 0 Å². The van der Waals surface area contributed by atoms with Gasteiger partial charge in [-0.25, -0.2) is 4.99 Å². The highest BCUT2D eigenvalue weighted by atomic mass is 16.2. The van der Waals surface area contributed by atoms with Crippen molar-refractivity contribution in [3.05, 3.63) is 0 Å². The Balaban J connectivity index is 1.90. The zero-order valence-electron chi connectivity index (χ0n) is 16.6. The molecule has 25 heavy (non-hydrogen) atoms. The monoisotopic (exact) mass is 351 g/mol. The van der Waals surface area contributed by atoms with Crippen LogP contribution in [0.3, 0.4) is 0 Å². The van der Waals surface area contributed by atoms with Crippen LogP contribution in [-0.4, -0.2) is 86.0 Å². The van der Waals surface area contributed by atoms with Gasteiger partial charge in [0.2, 0.25) is 5.91 Å². The molecule has 0 radical (unpaired) electrons. The lowest BCUT2D eigenvalue weighted by atomic mass is 9.94. The number of nitrogens with one attached hydrogen (secondary N) is 1. The van der Waals surface area contributed by atoms with Gasteiger partial charge in [-0.3, -0.25) is 9.69 Å². The van der Waals surface area contributed by atoms with E-state index >= 15 is 0 Å². The van der Waals surface area contributed by atoms with Crippen LogP contribution in [0.15, 0.2) is 4.99 Å². The SMILES string of the molecule is CC(C)CNC(=NCC(=O)N(C)C)N1CCN(C2CCCCC2)CC1. The van der Waals surface area contributed by atoms with E-state index in [2.05, 4.69) is 34.0 Å². The van der Waals surface area contributed by atoms with Crippen molar-refractivity contribution < 1.29 is 4.79 Å². The van der Waals surface area contributed by atoms with Crippen LogP contribution in [-0.2, 0) is 4.79 Å². The van der Waals surface area contributed by atoms with Gasteiger partial charge in [-0.1, -0.05) is 33.1 Å². The first-order valence-corrected chi connectivity index (χ1v) is 9.95. The summed E-state index contributed by atoms with van der Waals surface area (Å²) in [6.45, 7) is 9.69. The molecule has 1 N–H and O–H groups in total. The van der Waals surface area contributed by atoms with Crippen molar-refractivity contribution in [3.8, 4) is 0 Å². The molecule has 0 bridgehead atoms. The van der Waals surface area contributed by atoms with Crippen molar-refractivity contribution in [1.29, 1.82) is 0 Å². The normalized spacial score (nSPS) is 20.8. The maximum Gasteiger partial charge on any atom is 0.243 e. The van der Waals surface area contributed by atoms with E-state index in [9.17, 15) is 4.79 Å². The van der Waals surface area contributed by atoms with Crippen molar-refractivity contribution >= 4 is 11.9 Å². The quantitative estimate of drug-likeness (QED) is 0.604. The van der Waals surface area contributed by atoms with E-state index in [0.717, 1.165) is 44.7 Å². The summed E-state index contributed by atoms with van der Waals surface area (Å²) in [6, 6.07) is 0.787. The molecular weight excluding hydrogens is 314 g/mol. The summed E-state index contributed by atoms with van der Waals surface area (Å²) >= 11 is 0. The number of aliphatic imine (C=N–C) groups is 1. The molecule has 1 aliphatic heterocycles. The number of likely N-dealkylation sites (N-methyl/N-ethyl adjacent to an activating group) is 1. The number of carbonyl (C=O) groups is 1. The molecule has 0 spiro atoms. The molecule has 2 fully saturated rings. The molecule has 1 amide bonds. The van der Waals surface area contributed by atoms with Gasteiger partial charge in [0.15, 0.2) is 5.96 Å². The molecule has 1 saturated carbocycles. The number of nitrogens with zero attached hydrogens (tertiary/aromatic N) is 4. The summed E-state index contributed by atoms with van der Waals surface area (Å²) in [5, 5.41) is 3.46. The summed E-state index contributed by atoms with van der Waals surface area (Å²) in [5.74, 6) is 1.50. The van der Waals surface area contributed by atoms with Crippen LogP contribution in [0.5, 0.6) is 0 Å². The van der Waals surface area contributed by atoms with Crippen LogP contribution in [0.4, 0.5) is 0 Å². The van der Waals surface area contributed by atoms with Crippen LogP contribution in [0.25, 0.3) is 0 Å². The van der Waals surface area contributed by atoms with Gasteiger partial charge in [-0.05, 0) is 18.8 Å². The van der Waals surface area contributed by atoms with E-state index in [1.54, 1.807) is 19.0 Å². The first kappa shape index (κ1) is 20.0. The van der Waals surface area contributed by atoms with Crippen LogP contribution < -0.4 is 5.32 Å². The third kappa shape index (κ3) is 6.49. The minimum Gasteiger partial charge on any atom is -0.356 e. The summed E-state index contributed by atoms with van der Waals surface area (Å²) in [7, 11) is 3.56. The van der Waals surface area contributed by atoms with Gasteiger partial charge in [-0.15, -0.1) is 0 Å². The van der Waals surface area contributed by atoms with E-state index in [1.807, 2.05) is 0 Å². The highest BCUT2D eigenvalue weighted by molar-refractivity contribution is 5.84. The molecule has 2 rings (SSSR count). The largest absolute Gasteiger partial charge is 0.356 e. The van der Waals surface area contributed by atoms with E-state index in [-0.39, 0.29) is 12.5 Å². The molecule has 144 valence electrons. The Morgan fingerprint density at radius 3 is 2.32 bits per heavy atom. The lowest BCUT2D eigenvalue weighted by Gasteiger charge is -2.41. The molecule has 2 aliphatic rings. The maximum atomic E-state index is 11.9. The second-order valence-electron chi connectivity index (χ2n) is 8.02. The predicted molar refractivity (Wildman–Crippen MR) is 104 cm³/mol. The van der Waals surface area contributed by atoms with Gasteiger partial charge in [-0.2, -0.15) is 0 Å². The van der Waals surface area contributed by atoms with Crippen LogP contribution >= 0.6 is 0 Å². The average molecular weight is 352 g/mol. The van der Waals surface area contributed by atoms with E-state index in [4.69, 9.17) is 0 Å². The maximum absolute atomic E-state index is 11.9. The van der Waals surface area contributed by atoms with Gasteiger partial charge in [0.05, 0.1) is 0 Å². The lowest BCUT2D eigenvalue weighted by molar-refractivity contribution is -0.127. The first-order valence-electron chi connectivity index (χ1n) is 9.95. The number of rotatable bonds is 5. The molecule has 1 saturated heterocycles. The second kappa shape index (κ2) is 10.00. The van der Waals surface area contributed by atoms with Gasteiger partial charge in [0.1, 0.15) is 6.54 Å². The van der Waals surface area contributed by atoms with Crippen LogP contribution in [0.2, 0.25) is 0 Å². The molecule has 6 nitrogen and oxygen atoms in total. The average Bonchev–Trinajstić information content (AvgIpc) is 2.62. The van der Waals surface area contributed by atoms with Crippen LogP contribution in [0.1, 0.15) is 46.0 Å². The number of amides is 1. The van der Waals surface area contributed by atoms with Crippen molar-refractivity contribution in [2.75, 3.05) is 53.4 Å². The Morgan fingerprint density at radius 2 is 1.76 bits per heavy atom. The Bertz CT molecular complexity index is 435. The Hall–Kier alpha value is -1.30. The van der Waals surface area contributed by atoms with Crippen molar-refractivity contribution in [2.45, 2.75) is 52.0 Å². The van der Waals surface area contributed by atoms with Gasteiger partial charge in [0, 0.05) is 52.9 Å². The standard InChI is InChI=1S/C19H37N5O/c1-16(2)14-20-19(21-15-18(25)22(3)4)24-12-10-23(11-13-24)17-8-6-5-7-9-17/h16-17H,5-15H2,1-4H3,(H,20,21). The third-order valence-corrected chi connectivity index (χ3v) is 5.24. The topological polar surface area (TPSA) is 51.2 Å². The molecule has 0 aromatic rings. The fraction of sp³-hybridized carbons (Fsp3) is 0.895. The Morgan fingerprint density at radius 1 is 1.12 bits per heavy atom. The Kier molecular flexibility index (Phi) is 8.00. The van der Waals surface area contributed by atoms with E-state index < -0.39 is 0 Å². The van der Waals surface area contributed by atoms with Gasteiger partial charge >= 0.3 is 0 Å². The first-order chi connectivity index (χ1) is 12.0. The molecular formula is C19H37N5O. The lowest BCUT2D eigenvalue weighted by Crippen LogP contribution is -2.55. The molecule has 1 aliphatic carbocycles. The minimum atomic E-state index is 0.0460. The summed E-state index contributed by atoms with van der Waals surface area (Å²) in [6.07, 6.45) is 6.92. The van der Waals surface area contributed by atoms with Crippen LogP contribution in [0, 0.1) is 5.92 Å². The zero-order chi connectivity index (χ0) is 18.2. The summed E-state index contributed by atoms with van der Waals surface area (Å²) < 4.78 is 0. The molecule has 0 aromatic carbocycles. The second-order valence-corrected chi connectivity index (χ2v) is 8.02. The van der Waals surface area contributed by atoms with Crippen molar-refractivity contribution in [2.24, 2.45) is 10.9 Å². The van der Waals surface area contributed by atoms with Crippen molar-refractivity contribution in [3.63, 3.8) is 0 Å². The highest BCUT2D eigenvalue weighted by Gasteiger charge is 2.26. The fourth-order valence-corrected chi connectivity index (χ4v) is 3.59. The number of carbonyl (C=O) groups excluding carboxylic acids is 1. The molecule has 6 heteroatoms. The fourth-order valence-electron chi connectivity index (χ4n) is 3.59. The molecule has 0 atom stereocenters. The number of guanidine groups is 1. The Labute approximate surface area is 153 Å². The number of piperazine rings is 1. The number of hydrogen-bond donors (Lipinski definition) is 1. The van der Waals surface area contributed by atoms with Gasteiger partial charge < -0.3 is 15.1 Å². The smallest absolute Gasteiger partial charge is 0.243 e. The predicted octanol–water partition coefficient (Wildman–Crippen LogP) is 1.63. The zero-order valence-corrected chi connectivity index (χ0v) is 16.6. The molecule has 0 aromatic heterocycles. The summed E-state index contributed by atoms with van der Waals surface area (Å²) in [5.41, 5.74) is 0. The number of hydrogen-bond acceptors (Lipinski definition) is 3. The highest BCUT2D eigenvalue weighted by Crippen LogP contribution is 2.23.